The molecule has 1 aliphatic heterocycles. The molecule has 3 rings (SSSR count). The van der Waals surface area contributed by atoms with Crippen LogP contribution in [0.15, 0.2) is 47.2 Å². The molecule has 7 nitrogen and oxygen atoms in total. The highest BCUT2D eigenvalue weighted by Crippen LogP contribution is 2.54. The second-order valence-electron chi connectivity index (χ2n) is 6.80. The van der Waals surface area contributed by atoms with Crippen LogP contribution in [0.5, 0.6) is 0 Å². The zero-order valence-electron chi connectivity index (χ0n) is 15.7. The van der Waals surface area contributed by atoms with Crippen LogP contribution in [0.1, 0.15) is 18.4 Å². The van der Waals surface area contributed by atoms with E-state index in [0.717, 1.165) is 0 Å². The Morgan fingerprint density at radius 1 is 1.34 bits per heavy atom. The highest BCUT2D eigenvalue weighted by Gasteiger charge is 2.55. The lowest BCUT2D eigenvalue weighted by Gasteiger charge is -2.45. The van der Waals surface area contributed by atoms with E-state index in [-0.39, 0.29) is 36.5 Å². The minimum absolute atomic E-state index is 0.0363. The summed E-state index contributed by atoms with van der Waals surface area (Å²) in [5.41, 5.74) is 4.71. The summed E-state index contributed by atoms with van der Waals surface area (Å²) in [6, 6.07) is 11.7. The first-order valence-corrected chi connectivity index (χ1v) is 9.04. The summed E-state index contributed by atoms with van der Waals surface area (Å²) < 4.78 is 19.8. The third-order valence-corrected chi connectivity index (χ3v) is 5.43. The number of rotatable bonds is 2. The van der Waals surface area contributed by atoms with Crippen LogP contribution in [-0.2, 0) is 4.74 Å². The van der Waals surface area contributed by atoms with Crippen molar-refractivity contribution in [2.75, 3.05) is 19.7 Å². The Hall–Kier alpha value is -3.83. The average molecular weight is 391 g/mol. The van der Waals surface area contributed by atoms with Crippen molar-refractivity contribution in [3.8, 4) is 18.2 Å². The van der Waals surface area contributed by atoms with Gasteiger partial charge in [0.25, 0.3) is 0 Å². The number of allylic oxidation sites excluding steroid dienone is 2. The number of hydrogen-bond acceptors (Lipinski definition) is 6. The summed E-state index contributed by atoms with van der Waals surface area (Å²) in [6.45, 7) is 2.11. The van der Waals surface area contributed by atoms with Gasteiger partial charge in [0.15, 0.2) is 5.41 Å². The third kappa shape index (κ3) is 2.98. The molecule has 1 aromatic carbocycles. The number of nitriles is 3. The standard InChI is InChI=1S/C21H18FN5O2/c1-2-29-20(28)27-8-7-13-15(9-23)19(26)21(11-24,12-25)18(16(13)10-27)14-5-3-4-6-17(14)22/h3-7,16,18H,2,8,10,26H2,1H3. The number of carbonyl (C=O) groups excluding carboxylic acids is 1. The number of ether oxygens (including phenoxy) is 1. The van der Waals surface area contributed by atoms with Crippen LogP contribution in [0.3, 0.4) is 0 Å². The fraction of sp³-hybridized carbons (Fsp3) is 0.333. The van der Waals surface area contributed by atoms with Crippen LogP contribution in [-0.4, -0.2) is 30.7 Å². The summed E-state index contributed by atoms with van der Waals surface area (Å²) >= 11 is 0. The molecule has 0 aromatic heterocycles. The molecule has 2 atom stereocenters. The van der Waals surface area contributed by atoms with Crippen molar-refractivity contribution in [1.29, 1.82) is 15.8 Å². The predicted octanol–water partition coefficient (Wildman–Crippen LogP) is 2.71. The van der Waals surface area contributed by atoms with Gasteiger partial charge in [-0.1, -0.05) is 24.3 Å². The number of nitrogens with zero attached hydrogens (tertiary/aromatic N) is 4. The molecule has 0 spiro atoms. The van der Waals surface area contributed by atoms with Gasteiger partial charge in [0, 0.05) is 24.9 Å². The van der Waals surface area contributed by atoms with Crippen LogP contribution < -0.4 is 5.73 Å². The van der Waals surface area contributed by atoms with Gasteiger partial charge in [0.2, 0.25) is 0 Å². The largest absolute Gasteiger partial charge is 0.450 e. The monoisotopic (exact) mass is 391 g/mol. The zero-order valence-corrected chi connectivity index (χ0v) is 15.7. The van der Waals surface area contributed by atoms with Gasteiger partial charge in [0.05, 0.1) is 30.0 Å². The van der Waals surface area contributed by atoms with E-state index in [1.807, 2.05) is 18.2 Å². The molecule has 146 valence electrons. The van der Waals surface area contributed by atoms with E-state index in [2.05, 4.69) is 0 Å². The maximum absolute atomic E-state index is 14.8. The van der Waals surface area contributed by atoms with Crippen molar-refractivity contribution < 1.29 is 13.9 Å². The normalized spacial score (nSPS) is 22.4. The molecule has 0 bridgehead atoms. The Bertz CT molecular complexity index is 1030. The van der Waals surface area contributed by atoms with E-state index >= 15 is 0 Å². The molecule has 0 saturated carbocycles. The highest BCUT2D eigenvalue weighted by atomic mass is 19.1. The third-order valence-electron chi connectivity index (χ3n) is 5.43. The Labute approximate surface area is 167 Å². The number of fused-ring (bicyclic) bond motifs is 1. The molecule has 1 amide bonds. The zero-order chi connectivity index (χ0) is 21.2. The number of halogens is 1. The number of amides is 1. The molecular weight excluding hydrogens is 373 g/mol. The predicted molar refractivity (Wildman–Crippen MR) is 99.8 cm³/mol. The minimum atomic E-state index is -1.95. The fourth-order valence-corrected chi connectivity index (χ4v) is 4.12. The second kappa shape index (κ2) is 7.66. The van der Waals surface area contributed by atoms with Gasteiger partial charge in [0.1, 0.15) is 11.9 Å². The van der Waals surface area contributed by atoms with E-state index in [1.165, 1.54) is 23.1 Å². The molecule has 0 saturated heterocycles. The quantitative estimate of drug-likeness (QED) is 0.826. The fourth-order valence-electron chi connectivity index (χ4n) is 4.12. The van der Waals surface area contributed by atoms with Gasteiger partial charge in [-0.15, -0.1) is 0 Å². The van der Waals surface area contributed by atoms with Crippen LogP contribution in [0.4, 0.5) is 9.18 Å². The maximum Gasteiger partial charge on any atom is 0.410 e. The second-order valence-corrected chi connectivity index (χ2v) is 6.80. The number of carbonyl (C=O) groups is 1. The Balaban J connectivity index is 2.26. The molecule has 8 heteroatoms. The molecule has 1 aliphatic carbocycles. The van der Waals surface area contributed by atoms with Crippen molar-refractivity contribution in [2.45, 2.75) is 12.8 Å². The van der Waals surface area contributed by atoms with E-state index in [4.69, 9.17) is 10.5 Å². The van der Waals surface area contributed by atoms with E-state index < -0.39 is 29.2 Å². The maximum atomic E-state index is 14.8. The number of nitrogens with two attached hydrogens (primary N) is 1. The SMILES string of the molecule is CCOC(=O)N1CC=C2C(C#N)=C(N)C(C#N)(C#N)C(c3ccccc3F)C2C1. The van der Waals surface area contributed by atoms with E-state index in [9.17, 15) is 25.0 Å². The van der Waals surface area contributed by atoms with Gasteiger partial charge >= 0.3 is 6.09 Å². The van der Waals surface area contributed by atoms with Gasteiger partial charge in [-0.25, -0.2) is 9.18 Å². The summed E-state index contributed by atoms with van der Waals surface area (Å²) in [4.78, 5) is 13.7. The first-order valence-electron chi connectivity index (χ1n) is 9.04. The van der Waals surface area contributed by atoms with Crippen molar-refractivity contribution in [1.82, 2.24) is 4.90 Å². The minimum Gasteiger partial charge on any atom is -0.450 e. The van der Waals surface area contributed by atoms with Crippen molar-refractivity contribution in [3.63, 3.8) is 0 Å². The molecule has 29 heavy (non-hydrogen) atoms. The molecular formula is C21H18FN5O2. The molecule has 1 heterocycles. The topological polar surface area (TPSA) is 127 Å². The first-order chi connectivity index (χ1) is 13.9. The lowest BCUT2D eigenvalue weighted by Crippen LogP contribution is -2.49. The van der Waals surface area contributed by atoms with Gasteiger partial charge in [-0.05, 0) is 24.1 Å². The molecule has 2 aliphatic rings. The van der Waals surface area contributed by atoms with Crippen molar-refractivity contribution in [2.24, 2.45) is 17.1 Å². The molecule has 0 fully saturated rings. The molecule has 0 radical (unpaired) electrons. The number of benzene rings is 1. The van der Waals surface area contributed by atoms with Gasteiger partial charge in [-0.3, -0.25) is 0 Å². The summed E-state index contributed by atoms with van der Waals surface area (Å²) in [5.74, 6) is -2.27. The Morgan fingerprint density at radius 3 is 2.62 bits per heavy atom. The van der Waals surface area contributed by atoms with Gasteiger partial charge < -0.3 is 15.4 Å². The van der Waals surface area contributed by atoms with E-state index in [0.29, 0.717) is 5.57 Å². The van der Waals surface area contributed by atoms with Gasteiger partial charge in [-0.2, -0.15) is 15.8 Å². The lowest BCUT2D eigenvalue weighted by molar-refractivity contribution is 0.0997. The Kier molecular flexibility index (Phi) is 5.26. The van der Waals surface area contributed by atoms with Crippen molar-refractivity contribution >= 4 is 6.09 Å². The summed E-state index contributed by atoms with van der Waals surface area (Å²) in [7, 11) is 0. The molecule has 1 aromatic rings. The van der Waals surface area contributed by atoms with Crippen molar-refractivity contribution in [3.05, 3.63) is 58.6 Å². The van der Waals surface area contributed by atoms with E-state index in [1.54, 1.807) is 19.1 Å². The highest BCUT2D eigenvalue weighted by molar-refractivity contribution is 5.69. The van der Waals surface area contributed by atoms with Crippen LogP contribution in [0.25, 0.3) is 0 Å². The number of hydrogen-bond donors (Lipinski definition) is 1. The first kappa shape index (κ1) is 19.9. The molecule has 2 N–H and O–H groups in total. The summed E-state index contributed by atoms with van der Waals surface area (Å²) in [5, 5.41) is 29.6. The van der Waals surface area contributed by atoms with Crippen LogP contribution in [0, 0.1) is 51.1 Å². The smallest absolute Gasteiger partial charge is 0.410 e. The molecule has 2 unspecified atom stereocenters. The lowest BCUT2D eigenvalue weighted by atomic mass is 9.58. The Morgan fingerprint density at radius 2 is 2.03 bits per heavy atom. The van der Waals surface area contributed by atoms with Crippen LogP contribution >= 0.6 is 0 Å². The summed E-state index contributed by atoms with van der Waals surface area (Å²) in [6.07, 6.45) is 1.10. The van der Waals surface area contributed by atoms with Crippen LogP contribution in [0.2, 0.25) is 0 Å². The average Bonchev–Trinajstić information content (AvgIpc) is 2.73.